The van der Waals surface area contributed by atoms with Crippen molar-refractivity contribution in [2.45, 2.75) is 13.3 Å². The summed E-state index contributed by atoms with van der Waals surface area (Å²) in [6.45, 7) is 1.75. The van der Waals surface area contributed by atoms with Crippen molar-refractivity contribution >= 4 is 46.4 Å². The lowest BCUT2D eigenvalue weighted by Gasteiger charge is -2.07. The van der Waals surface area contributed by atoms with E-state index in [1.807, 2.05) is 0 Å². The number of carbonyl (C=O) groups is 1. The second-order valence-corrected chi connectivity index (χ2v) is 3.87. The molecular formula is C9H8Cl3NO. The molecule has 1 rings (SSSR count). The van der Waals surface area contributed by atoms with Crippen molar-refractivity contribution in [1.82, 2.24) is 0 Å². The first-order chi connectivity index (χ1) is 6.54. The Morgan fingerprint density at radius 3 is 2.36 bits per heavy atom. The fraction of sp³-hybridized carbons (Fsp3) is 0.222. The molecular weight excluding hydrogens is 244 g/mol. The molecule has 1 amide bonds. The lowest BCUT2D eigenvalue weighted by molar-refractivity contribution is -0.115. The molecule has 0 heterocycles. The second-order valence-electron chi connectivity index (χ2n) is 2.65. The van der Waals surface area contributed by atoms with Gasteiger partial charge in [-0.1, -0.05) is 41.7 Å². The first-order valence-corrected chi connectivity index (χ1v) is 5.12. The van der Waals surface area contributed by atoms with Crippen LogP contribution in [0.25, 0.3) is 0 Å². The van der Waals surface area contributed by atoms with E-state index in [0.717, 1.165) is 0 Å². The number of nitrogens with one attached hydrogen (secondary N) is 1. The zero-order valence-corrected chi connectivity index (χ0v) is 9.67. The summed E-state index contributed by atoms with van der Waals surface area (Å²) in [4.78, 5) is 11.1. The molecule has 5 heteroatoms. The van der Waals surface area contributed by atoms with Gasteiger partial charge in [0, 0.05) is 6.42 Å². The molecule has 76 valence electrons. The van der Waals surface area contributed by atoms with Gasteiger partial charge >= 0.3 is 0 Å². The number of rotatable bonds is 2. The zero-order valence-electron chi connectivity index (χ0n) is 7.40. The highest BCUT2D eigenvalue weighted by atomic mass is 35.5. The standard InChI is InChI=1S/C9H8Cl3NO/c1-2-9(14)13-8-4-6(11)5(10)3-7(8)12/h3-4H,2H2,1H3,(H,13,14). The lowest BCUT2D eigenvalue weighted by atomic mass is 10.3. The Labute approximate surface area is 97.1 Å². The SMILES string of the molecule is CCC(=O)Nc1cc(Cl)c(Cl)cc1Cl. The number of amides is 1. The van der Waals surface area contributed by atoms with Crippen LogP contribution in [0.1, 0.15) is 13.3 Å². The third kappa shape index (κ3) is 2.77. The van der Waals surface area contributed by atoms with Gasteiger partial charge in [0.15, 0.2) is 0 Å². The van der Waals surface area contributed by atoms with Crippen LogP contribution in [0.4, 0.5) is 5.69 Å². The summed E-state index contributed by atoms with van der Waals surface area (Å²) in [5.41, 5.74) is 0.480. The van der Waals surface area contributed by atoms with Crippen LogP contribution in [-0.4, -0.2) is 5.91 Å². The van der Waals surface area contributed by atoms with Gasteiger partial charge in [0.25, 0.3) is 0 Å². The van der Waals surface area contributed by atoms with Gasteiger partial charge in [0.2, 0.25) is 5.91 Å². The van der Waals surface area contributed by atoms with Crippen LogP contribution in [0.5, 0.6) is 0 Å². The molecule has 1 aromatic rings. The Hall–Kier alpha value is -0.440. The van der Waals surface area contributed by atoms with E-state index in [0.29, 0.717) is 27.2 Å². The predicted molar refractivity (Wildman–Crippen MR) is 60.4 cm³/mol. The van der Waals surface area contributed by atoms with E-state index >= 15 is 0 Å². The van der Waals surface area contributed by atoms with Gasteiger partial charge in [-0.05, 0) is 12.1 Å². The molecule has 0 atom stereocenters. The minimum absolute atomic E-state index is 0.120. The van der Waals surface area contributed by atoms with E-state index < -0.39 is 0 Å². The van der Waals surface area contributed by atoms with Crippen LogP contribution in [0, 0.1) is 0 Å². The Bertz CT molecular complexity index is 365. The van der Waals surface area contributed by atoms with Crippen molar-refractivity contribution in [3.05, 3.63) is 27.2 Å². The van der Waals surface area contributed by atoms with Crippen molar-refractivity contribution in [1.29, 1.82) is 0 Å². The minimum atomic E-state index is -0.120. The fourth-order valence-electron chi connectivity index (χ4n) is 0.857. The average molecular weight is 253 g/mol. The molecule has 0 fully saturated rings. The number of hydrogen-bond acceptors (Lipinski definition) is 1. The second kappa shape index (κ2) is 4.87. The van der Waals surface area contributed by atoms with Gasteiger partial charge in [0.05, 0.1) is 20.8 Å². The first kappa shape index (κ1) is 11.6. The van der Waals surface area contributed by atoms with Gasteiger partial charge in [-0.3, -0.25) is 4.79 Å². The molecule has 0 aromatic heterocycles. The quantitative estimate of drug-likeness (QED) is 0.792. The largest absolute Gasteiger partial charge is 0.325 e. The number of hydrogen-bond donors (Lipinski definition) is 1. The third-order valence-electron chi connectivity index (χ3n) is 1.61. The maximum Gasteiger partial charge on any atom is 0.224 e. The lowest BCUT2D eigenvalue weighted by Crippen LogP contribution is -2.09. The van der Waals surface area contributed by atoms with Crippen LogP contribution in [0.15, 0.2) is 12.1 Å². The normalized spacial score (nSPS) is 10.0. The maximum absolute atomic E-state index is 11.1. The molecule has 0 radical (unpaired) electrons. The Kier molecular flexibility index (Phi) is 4.05. The third-order valence-corrected chi connectivity index (χ3v) is 2.64. The molecule has 14 heavy (non-hydrogen) atoms. The van der Waals surface area contributed by atoms with Crippen LogP contribution >= 0.6 is 34.8 Å². The number of carbonyl (C=O) groups excluding carboxylic acids is 1. The van der Waals surface area contributed by atoms with Crippen molar-refractivity contribution in [2.75, 3.05) is 5.32 Å². The molecule has 0 bridgehead atoms. The van der Waals surface area contributed by atoms with Gasteiger partial charge < -0.3 is 5.32 Å². The van der Waals surface area contributed by atoms with Crippen LogP contribution < -0.4 is 5.32 Å². The summed E-state index contributed by atoms with van der Waals surface area (Å²) in [5, 5.41) is 3.72. The van der Waals surface area contributed by atoms with E-state index in [9.17, 15) is 4.79 Å². The van der Waals surface area contributed by atoms with Gasteiger partial charge in [-0.2, -0.15) is 0 Å². The summed E-state index contributed by atoms with van der Waals surface area (Å²) in [5.74, 6) is -0.120. The molecule has 1 aromatic carbocycles. The highest BCUT2D eigenvalue weighted by molar-refractivity contribution is 6.44. The van der Waals surface area contributed by atoms with Crippen LogP contribution in [0.2, 0.25) is 15.1 Å². The van der Waals surface area contributed by atoms with E-state index in [4.69, 9.17) is 34.8 Å². The smallest absolute Gasteiger partial charge is 0.224 e. The van der Waals surface area contributed by atoms with E-state index in [1.54, 1.807) is 6.92 Å². The topological polar surface area (TPSA) is 29.1 Å². The Morgan fingerprint density at radius 2 is 1.79 bits per heavy atom. The molecule has 0 aliphatic heterocycles. The number of benzene rings is 1. The Balaban J connectivity index is 2.98. The zero-order chi connectivity index (χ0) is 10.7. The van der Waals surface area contributed by atoms with Crippen molar-refractivity contribution in [3.8, 4) is 0 Å². The van der Waals surface area contributed by atoms with E-state index in [-0.39, 0.29) is 5.91 Å². The predicted octanol–water partition coefficient (Wildman–Crippen LogP) is 4.00. The van der Waals surface area contributed by atoms with Crippen LogP contribution in [-0.2, 0) is 4.79 Å². The highest BCUT2D eigenvalue weighted by Gasteiger charge is 2.07. The fourth-order valence-corrected chi connectivity index (χ4v) is 1.45. The summed E-state index contributed by atoms with van der Waals surface area (Å²) in [6, 6.07) is 3.02. The highest BCUT2D eigenvalue weighted by Crippen LogP contribution is 2.32. The molecule has 0 aliphatic carbocycles. The molecule has 0 aliphatic rings. The molecule has 0 unspecified atom stereocenters. The van der Waals surface area contributed by atoms with Gasteiger partial charge in [-0.25, -0.2) is 0 Å². The average Bonchev–Trinajstić information content (AvgIpc) is 2.14. The van der Waals surface area contributed by atoms with Crippen molar-refractivity contribution in [3.63, 3.8) is 0 Å². The summed E-state index contributed by atoms with van der Waals surface area (Å²) >= 11 is 17.3. The van der Waals surface area contributed by atoms with E-state index in [1.165, 1.54) is 12.1 Å². The maximum atomic E-state index is 11.1. The molecule has 0 spiro atoms. The first-order valence-electron chi connectivity index (χ1n) is 3.99. The van der Waals surface area contributed by atoms with Crippen LogP contribution in [0.3, 0.4) is 0 Å². The van der Waals surface area contributed by atoms with E-state index in [2.05, 4.69) is 5.32 Å². The van der Waals surface area contributed by atoms with Crippen molar-refractivity contribution < 1.29 is 4.79 Å². The number of anilines is 1. The number of halogens is 3. The monoisotopic (exact) mass is 251 g/mol. The molecule has 2 nitrogen and oxygen atoms in total. The van der Waals surface area contributed by atoms with Crippen molar-refractivity contribution in [2.24, 2.45) is 0 Å². The summed E-state index contributed by atoms with van der Waals surface area (Å²) in [6.07, 6.45) is 0.385. The minimum Gasteiger partial charge on any atom is -0.325 e. The van der Waals surface area contributed by atoms with Gasteiger partial charge in [0.1, 0.15) is 0 Å². The molecule has 1 N–H and O–H groups in total. The van der Waals surface area contributed by atoms with Gasteiger partial charge in [-0.15, -0.1) is 0 Å². The molecule has 0 saturated heterocycles. The Morgan fingerprint density at radius 1 is 1.21 bits per heavy atom. The summed E-state index contributed by atoms with van der Waals surface area (Å²) in [7, 11) is 0. The summed E-state index contributed by atoms with van der Waals surface area (Å²) < 4.78 is 0. The molecule has 0 saturated carbocycles.